The second-order valence-electron chi connectivity index (χ2n) is 6.03. The normalized spacial score (nSPS) is 15.8. The first-order valence-electron chi connectivity index (χ1n) is 8.39. The van der Waals surface area contributed by atoms with Crippen LogP contribution in [0.25, 0.3) is 0 Å². The summed E-state index contributed by atoms with van der Waals surface area (Å²) in [7, 11) is 0. The van der Waals surface area contributed by atoms with Crippen molar-refractivity contribution in [3.05, 3.63) is 17.5 Å². The van der Waals surface area contributed by atoms with Gasteiger partial charge >= 0.3 is 0 Å². The molecule has 4 N–H and O–H groups in total. The number of aromatic nitrogens is 2. The number of nitrogens with two attached hydrogens (primary N) is 1. The first-order valence-corrected chi connectivity index (χ1v) is 8.80. The fourth-order valence-electron chi connectivity index (χ4n) is 2.72. The van der Waals surface area contributed by atoms with Crippen molar-refractivity contribution in [1.29, 1.82) is 0 Å². The number of aryl methyl sites for hydroxylation is 2. The molecule has 1 aromatic heterocycles. The molecule has 0 radical (unpaired) electrons. The molecule has 0 bridgehead atoms. The maximum Gasteiger partial charge on any atom is 0.229 e. The topological polar surface area (TPSA) is 109 Å². The van der Waals surface area contributed by atoms with E-state index in [0.29, 0.717) is 49.5 Å². The Morgan fingerprint density at radius 2 is 1.96 bits per heavy atom. The molecule has 1 saturated heterocycles. The number of primary amides is 1. The molecular formula is C16H25N7OS. The van der Waals surface area contributed by atoms with Crippen molar-refractivity contribution >= 4 is 35.1 Å². The number of aliphatic imine (C=N–C) groups is 1. The van der Waals surface area contributed by atoms with Crippen molar-refractivity contribution < 1.29 is 4.79 Å². The van der Waals surface area contributed by atoms with Gasteiger partial charge in [0.05, 0.1) is 0 Å². The average molecular weight is 363 g/mol. The van der Waals surface area contributed by atoms with Crippen LogP contribution in [0.15, 0.2) is 11.1 Å². The van der Waals surface area contributed by atoms with Crippen LogP contribution >= 0.6 is 12.2 Å². The minimum atomic E-state index is -0.244. The molecule has 1 aliphatic heterocycles. The minimum absolute atomic E-state index is 0.0873. The molecular weight excluding hydrogens is 338 g/mol. The first-order chi connectivity index (χ1) is 11.9. The Kier molecular flexibility index (Phi) is 6.63. The fourth-order valence-corrected chi connectivity index (χ4v) is 2.95. The minimum Gasteiger partial charge on any atom is -0.369 e. The maximum atomic E-state index is 11.4. The lowest BCUT2D eigenvalue weighted by Crippen LogP contribution is -2.45. The molecule has 1 amide bonds. The molecule has 0 atom stereocenters. The molecule has 0 aromatic carbocycles. The van der Waals surface area contributed by atoms with Gasteiger partial charge in [-0.25, -0.2) is 9.97 Å². The van der Waals surface area contributed by atoms with E-state index in [1.54, 1.807) is 0 Å². The van der Waals surface area contributed by atoms with Crippen molar-refractivity contribution in [2.24, 2.45) is 16.6 Å². The second-order valence-corrected chi connectivity index (χ2v) is 6.42. The molecule has 2 heterocycles. The van der Waals surface area contributed by atoms with Crippen LogP contribution in [0.1, 0.15) is 31.2 Å². The summed E-state index contributed by atoms with van der Waals surface area (Å²) in [5.41, 5.74) is 7.15. The van der Waals surface area contributed by atoms with Gasteiger partial charge in [-0.15, -0.1) is 0 Å². The van der Waals surface area contributed by atoms with Crippen LogP contribution in [0.4, 0.5) is 5.95 Å². The monoisotopic (exact) mass is 363 g/mol. The van der Waals surface area contributed by atoms with E-state index >= 15 is 0 Å². The quantitative estimate of drug-likeness (QED) is 0.417. The Balaban J connectivity index is 2.19. The number of likely N-dealkylation sites (tertiary alicyclic amines) is 1. The molecule has 0 spiro atoms. The molecule has 0 saturated carbocycles. The van der Waals surface area contributed by atoms with Gasteiger partial charge in [0.25, 0.3) is 0 Å². The van der Waals surface area contributed by atoms with Crippen molar-refractivity contribution in [3.8, 4) is 0 Å². The molecule has 1 aromatic rings. The van der Waals surface area contributed by atoms with E-state index in [9.17, 15) is 4.79 Å². The Morgan fingerprint density at radius 1 is 1.36 bits per heavy atom. The molecule has 1 fully saturated rings. The fraction of sp³-hybridized carbons (Fsp3) is 0.562. The molecule has 2 rings (SSSR count). The predicted molar refractivity (Wildman–Crippen MR) is 102 cm³/mol. The number of hydrogen-bond donors (Lipinski definition) is 3. The Hall–Kier alpha value is -2.29. The van der Waals surface area contributed by atoms with Crippen LogP contribution in [0.3, 0.4) is 0 Å². The summed E-state index contributed by atoms with van der Waals surface area (Å²) in [5.74, 6) is 0.731. The number of nitrogens with zero attached hydrogens (tertiary/aromatic N) is 4. The van der Waals surface area contributed by atoms with Crippen LogP contribution < -0.4 is 16.4 Å². The third-order valence-corrected chi connectivity index (χ3v) is 4.17. The number of nitrogens with one attached hydrogen (secondary N) is 2. The SMILES string of the molecule is CCNC(=S)/N=C(/Nc1nc(C)cc(C)n1)N1CCC(C(N)=O)CC1. The van der Waals surface area contributed by atoms with Crippen LogP contribution in [0.5, 0.6) is 0 Å². The maximum absolute atomic E-state index is 11.4. The van der Waals surface area contributed by atoms with E-state index in [1.807, 2.05) is 31.7 Å². The largest absolute Gasteiger partial charge is 0.369 e. The highest BCUT2D eigenvalue weighted by Crippen LogP contribution is 2.17. The zero-order valence-electron chi connectivity index (χ0n) is 14.9. The summed E-state index contributed by atoms with van der Waals surface area (Å²) in [5, 5.41) is 6.58. The molecule has 0 aliphatic carbocycles. The van der Waals surface area contributed by atoms with Crippen molar-refractivity contribution in [1.82, 2.24) is 20.2 Å². The highest BCUT2D eigenvalue weighted by atomic mass is 32.1. The number of carbonyl (C=O) groups excluding carboxylic acids is 1. The summed E-state index contributed by atoms with van der Waals surface area (Å²) in [6.07, 6.45) is 1.38. The lowest BCUT2D eigenvalue weighted by Gasteiger charge is -2.32. The molecule has 25 heavy (non-hydrogen) atoms. The number of piperidine rings is 1. The van der Waals surface area contributed by atoms with Gasteiger partial charge in [0, 0.05) is 36.9 Å². The van der Waals surface area contributed by atoms with Crippen LogP contribution in [0, 0.1) is 19.8 Å². The van der Waals surface area contributed by atoms with Gasteiger partial charge in [0.1, 0.15) is 0 Å². The first kappa shape index (κ1) is 19.0. The highest BCUT2D eigenvalue weighted by Gasteiger charge is 2.25. The zero-order chi connectivity index (χ0) is 18.4. The smallest absolute Gasteiger partial charge is 0.229 e. The highest BCUT2D eigenvalue weighted by molar-refractivity contribution is 7.80. The van der Waals surface area contributed by atoms with E-state index in [2.05, 4.69) is 25.6 Å². The van der Waals surface area contributed by atoms with E-state index in [-0.39, 0.29) is 11.8 Å². The van der Waals surface area contributed by atoms with E-state index in [0.717, 1.165) is 11.4 Å². The lowest BCUT2D eigenvalue weighted by atomic mass is 9.96. The van der Waals surface area contributed by atoms with Gasteiger partial charge in [-0.1, -0.05) is 0 Å². The number of rotatable bonds is 3. The number of carbonyl (C=O) groups is 1. The summed E-state index contributed by atoms with van der Waals surface area (Å²) >= 11 is 5.25. The zero-order valence-corrected chi connectivity index (χ0v) is 15.7. The Morgan fingerprint density at radius 3 is 2.48 bits per heavy atom. The Labute approximate surface area is 153 Å². The van der Waals surface area contributed by atoms with Gasteiger partial charge in [0.15, 0.2) is 5.11 Å². The molecule has 9 heteroatoms. The molecule has 1 aliphatic rings. The van der Waals surface area contributed by atoms with Crippen LogP contribution in [-0.4, -0.2) is 51.5 Å². The van der Waals surface area contributed by atoms with Gasteiger partial charge in [0.2, 0.25) is 17.8 Å². The standard InChI is InChI=1S/C16H25N7OS/c1-4-18-16(25)22-15(21-14-19-10(2)9-11(3)20-14)23-7-5-12(6-8-23)13(17)24/h9,12H,4-8H2,1-3H3,(H2,17,24)(H2,18,19,20,21,22,25). The van der Waals surface area contributed by atoms with Gasteiger partial charge in [-0.2, -0.15) is 4.99 Å². The van der Waals surface area contributed by atoms with E-state index < -0.39 is 0 Å². The van der Waals surface area contributed by atoms with Gasteiger partial charge in [-0.3, -0.25) is 10.1 Å². The Bertz CT molecular complexity index is 648. The average Bonchev–Trinajstić information content (AvgIpc) is 2.53. The number of thiocarbonyl (C=S) groups is 1. The predicted octanol–water partition coefficient (Wildman–Crippen LogP) is 0.953. The number of hydrogen-bond acceptors (Lipinski definition) is 4. The number of anilines is 1. The van der Waals surface area contributed by atoms with Crippen molar-refractivity contribution in [2.45, 2.75) is 33.6 Å². The third-order valence-electron chi connectivity index (χ3n) is 3.94. The van der Waals surface area contributed by atoms with Gasteiger partial charge < -0.3 is 16.0 Å². The van der Waals surface area contributed by atoms with Gasteiger partial charge in [-0.05, 0) is 51.9 Å². The van der Waals surface area contributed by atoms with Crippen molar-refractivity contribution in [2.75, 3.05) is 25.0 Å². The van der Waals surface area contributed by atoms with E-state index in [1.165, 1.54) is 0 Å². The van der Waals surface area contributed by atoms with E-state index in [4.69, 9.17) is 18.0 Å². The van der Waals surface area contributed by atoms with Crippen molar-refractivity contribution in [3.63, 3.8) is 0 Å². The van der Waals surface area contributed by atoms with Crippen LogP contribution in [-0.2, 0) is 4.79 Å². The second kappa shape index (κ2) is 8.70. The third kappa shape index (κ3) is 5.63. The summed E-state index contributed by atoms with van der Waals surface area (Å²) in [4.78, 5) is 26.7. The molecule has 136 valence electrons. The summed E-state index contributed by atoms with van der Waals surface area (Å²) < 4.78 is 0. The molecule has 0 unspecified atom stereocenters. The summed E-state index contributed by atoms with van der Waals surface area (Å²) in [6, 6.07) is 1.91. The lowest BCUT2D eigenvalue weighted by molar-refractivity contribution is -0.122. The molecule has 8 nitrogen and oxygen atoms in total. The number of amides is 1. The van der Waals surface area contributed by atoms with Crippen LogP contribution in [0.2, 0.25) is 0 Å². The number of guanidine groups is 1. The summed E-state index contributed by atoms with van der Waals surface area (Å²) in [6.45, 7) is 7.81.